The van der Waals surface area contributed by atoms with E-state index in [0.717, 1.165) is 5.56 Å². The number of methoxy groups -OCH3 is 2. The Morgan fingerprint density at radius 3 is 2.07 bits per heavy atom. The van der Waals surface area contributed by atoms with Crippen molar-refractivity contribution in [2.24, 2.45) is 0 Å². The number of nitrogens with one attached hydrogen (secondary N) is 1. The third-order valence-electron chi connectivity index (χ3n) is 4.02. The lowest BCUT2D eigenvalue weighted by Crippen LogP contribution is -2.11. The van der Waals surface area contributed by atoms with E-state index < -0.39 is 5.91 Å². The monoisotopic (exact) mass is 365 g/mol. The molecule has 6 heteroatoms. The fourth-order valence-corrected chi connectivity index (χ4v) is 2.56. The number of carbonyl (C=O) groups is 2. The first-order valence-corrected chi connectivity index (χ1v) is 8.26. The fourth-order valence-electron chi connectivity index (χ4n) is 2.56. The predicted molar refractivity (Wildman–Crippen MR) is 102 cm³/mol. The number of Topliss-reactive ketones (excluding diaryl/α,β-unsaturated/α-hetero) is 1. The number of hydrogen-bond acceptors (Lipinski definition) is 5. The quantitative estimate of drug-likeness (QED) is 0.654. The molecule has 3 aromatic rings. The molecule has 0 saturated heterocycles. The van der Waals surface area contributed by atoms with E-state index >= 15 is 0 Å². The molecule has 0 aliphatic heterocycles. The predicted octanol–water partition coefficient (Wildman–Crippen LogP) is 4.42. The molecule has 3 rings (SSSR count). The SMILES string of the molecule is COc1cc(NC(=O)c2ccc(-c3ccc(C(C)=O)cc3)o2)cc(OC)c1. The molecule has 6 nitrogen and oxygen atoms in total. The van der Waals surface area contributed by atoms with Crippen LogP contribution in [0.3, 0.4) is 0 Å². The number of ketones is 1. The molecule has 1 heterocycles. The summed E-state index contributed by atoms with van der Waals surface area (Å²) >= 11 is 0. The van der Waals surface area contributed by atoms with Crippen molar-refractivity contribution in [1.82, 2.24) is 0 Å². The van der Waals surface area contributed by atoms with Gasteiger partial charge in [0, 0.05) is 35.0 Å². The number of anilines is 1. The summed E-state index contributed by atoms with van der Waals surface area (Å²) < 4.78 is 16.0. The van der Waals surface area contributed by atoms with Crippen molar-refractivity contribution in [3.63, 3.8) is 0 Å². The lowest BCUT2D eigenvalue weighted by atomic mass is 10.1. The van der Waals surface area contributed by atoms with Crippen LogP contribution in [0.25, 0.3) is 11.3 Å². The maximum absolute atomic E-state index is 12.5. The second kappa shape index (κ2) is 7.78. The first-order valence-electron chi connectivity index (χ1n) is 8.26. The number of benzene rings is 2. The average molecular weight is 365 g/mol. The highest BCUT2D eigenvalue weighted by atomic mass is 16.5. The van der Waals surface area contributed by atoms with Crippen molar-refractivity contribution in [1.29, 1.82) is 0 Å². The zero-order chi connectivity index (χ0) is 19.4. The van der Waals surface area contributed by atoms with Crippen LogP contribution >= 0.6 is 0 Å². The second-order valence-electron chi connectivity index (χ2n) is 5.85. The Morgan fingerprint density at radius 2 is 1.52 bits per heavy atom. The van der Waals surface area contributed by atoms with Gasteiger partial charge in [-0.1, -0.05) is 24.3 Å². The van der Waals surface area contributed by atoms with Gasteiger partial charge in [0.25, 0.3) is 5.91 Å². The molecule has 0 atom stereocenters. The molecule has 0 aliphatic carbocycles. The highest BCUT2D eigenvalue weighted by Gasteiger charge is 2.14. The standard InChI is InChI=1S/C21H19NO5/c1-13(23)14-4-6-15(7-5-14)19-8-9-20(27-19)21(24)22-16-10-17(25-2)12-18(11-16)26-3/h4-12H,1-3H3,(H,22,24). The summed E-state index contributed by atoms with van der Waals surface area (Å²) in [6.45, 7) is 1.51. The number of hydrogen-bond donors (Lipinski definition) is 1. The largest absolute Gasteiger partial charge is 0.497 e. The summed E-state index contributed by atoms with van der Waals surface area (Å²) in [5.41, 5.74) is 1.93. The molecule has 27 heavy (non-hydrogen) atoms. The van der Waals surface area contributed by atoms with Gasteiger partial charge >= 0.3 is 0 Å². The molecule has 2 aromatic carbocycles. The van der Waals surface area contributed by atoms with E-state index in [-0.39, 0.29) is 11.5 Å². The summed E-state index contributed by atoms with van der Waals surface area (Å²) in [4.78, 5) is 23.8. The van der Waals surface area contributed by atoms with E-state index in [1.165, 1.54) is 21.1 Å². The highest BCUT2D eigenvalue weighted by molar-refractivity contribution is 6.02. The Labute approximate surface area is 156 Å². The first kappa shape index (κ1) is 18.3. The molecule has 0 fully saturated rings. The zero-order valence-corrected chi connectivity index (χ0v) is 15.2. The summed E-state index contributed by atoms with van der Waals surface area (Å²) in [6, 6.07) is 15.4. The first-order chi connectivity index (χ1) is 13.0. The highest BCUT2D eigenvalue weighted by Crippen LogP contribution is 2.27. The van der Waals surface area contributed by atoms with Gasteiger partial charge < -0.3 is 19.2 Å². The molecule has 1 amide bonds. The smallest absolute Gasteiger partial charge is 0.291 e. The summed E-state index contributed by atoms with van der Waals surface area (Å²) in [6.07, 6.45) is 0. The molecular formula is C21H19NO5. The Bertz CT molecular complexity index is 950. The molecule has 0 bridgehead atoms. The molecule has 1 N–H and O–H groups in total. The average Bonchev–Trinajstić information content (AvgIpc) is 3.18. The zero-order valence-electron chi connectivity index (χ0n) is 15.2. The number of amides is 1. The van der Waals surface area contributed by atoms with Crippen molar-refractivity contribution < 1.29 is 23.5 Å². The minimum atomic E-state index is -0.392. The van der Waals surface area contributed by atoms with Gasteiger partial charge in [-0.2, -0.15) is 0 Å². The van der Waals surface area contributed by atoms with Gasteiger partial charge in [-0.25, -0.2) is 0 Å². The second-order valence-corrected chi connectivity index (χ2v) is 5.85. The van der Waals surface area contributed by atoms with Crippen molar-refractivity contribution in [3.05, 3.63) is 65.9 Å². The molecule has 0 saturated carbocycles. The van der Waals surface area contributed by atoms with Gasteiger partial charge in [0.05, 0.1) is 14.2 Å². The van der Waals surface area contributed by atoms with Gasteiger partial charge in [0.15, 0.2) is 11.5 Å². The number of rotatable bonds is 6. The topological polar surface area (TPSA) is 77.8 Å². The van der Waals surface area contributed by atoms with E-state index in [4.69, 9.17) is 13.9 Å². The Hall–Kier alpha value is -3.54. The van der Waals surface area contributed by atoms with Crippen LogP contribution in [0.15, 0.2) is 59.0 Å². The summed E-state index contributed by atoms with van der Waals surface area (Å²) in [7, 11) is 3.08. The van der Waals surface area contributed by atoms with Crippen LogP contribution in [0.4, 0.5) is 5.69 Å². The van der Waals surface area contributed by atoms with Crippen molar-refractivity contribution in [2.75, 3.05) is 19.5 Å². The van der Waals surface area contributed by atoms with Gasteiger partial charge in [-0.15, -0.1) is 0 Å². The maximum Gasteiger partial charge on any atom is 0.291 e. The van der Waals surface area contributed by atoms with Crippen LogP contribution < -0.4 is 14.8 Å². The Balaban J connectivity index is 1.78. The van der Waals surface area contributed by atoms with Gasteiger partial charge in [-0.05, 0) is 19.1 Å². The molecule has 0 unspecified atom stereocenters. The van der Waals surface area contributed by atoms with Gasteiger partial charge in [0.2, 0.25) is 0 Å². The summed E-state index contributed by atoms with van der Waals surface area (Å²) in [5, 5.41) is 2.76. The minimum Gasteiger partial charge on any atom is -0.497 e. The maximum atomic E-state index is 12.5. The van der Waals surface area contributed by atoms with Crippen molar-refractivity contribution in [2.45, 2.75) is 6.92 Å². The van der Waals surface area contributed by atoms with Gasteiger partial charge in [-0.3, -0.25) is 9.59 Å². The van der Waals surface area contributed by atoms with Crippen LogP contribution in [0.1, 0.15) is 27.8 Å². The molecule has 1 aromatic heterocycles. The fraction of sp³-hybridized carbons (Fsp3) is 0.143. The lowest BCUT2D eigenvalue weighted by molar-refractivity contribution is 0.0994. The van der Waals surface area contributed by atoms with Crippen LogP contribution in [0, 0.1) is 0 Å². The molecule has 0 aliphatic rings. The third-order valence-corrected chi connectivity index (χ3v) is 4.02. The van der Waals surface area contributed by atoms with Crippen molar-refractivity contribution >= 4 is 17.4 Å². The normalized spacial score (nSPS) is 10.3. The number of carbonyl (C=O) groups excluding carboxylic acids is 2. The van der Waals surface area contributed by atoms with Crippen molar-refractivity contribution in [3.8, 4) is 22.8 Å². The summed E-state index contributed by atoms with van der Waals surface area (Å²) in [5.74, 6) is 1.44. The van der Waals surface area contributed by atoms with Crippen LogP contribution in [-0.2, 0) is 0 Å². The number of furan rings is 1. The Kier molecular flexibility index (Phi) is 5.26. The van der Waals surface area contributed by atoms with Crippen LogP contribution in [0.5, 0.6) is 11.5 Å². The minimum absolute atomic E-state index is 0.00483. The van der Waals surface area contributed by atoms with E-state index in [1.54, 1.807) is 54.6 Å². The van der Waals surface area contributed by atoms with E-state index in [1.807, 2.05) is 0 Å². The Morgan fingerprint density at radius 1 is 0.889 bits per heavy atom. The van der Waals surface area contributed by atoms with Gasteiger partial charge in [0.1, 0.15) is 17.3 Å². The third kappa shape index (κ3) is 4.17. The van der Waals surface area contributed by atoms with E-state index in [0.29, 0.717) is 28.5 Å². The number of ether oxygens (including phenoxy) is 2. The molecule has 138 valence electrons. The van der Waals surface area contributed by atoms with Crippen LogP contribution in [0.2, 0.25) is 0 Å². The lowest BCUT2D eigenvalue weighted by Gasteiger charge is -2.09. The molecule has 0 spiro atoms. The van der Waals surface area contributed by atoms with E-state index in [2.05, 4.69) is 5.32 Å². The van der Waals surface area contributed by atoms with E-state index in [9.17, 15) is 9.59 Å². The molecule has 0 radical (unpaired) electrons. The van der Waals surface area contributed by atoms with Crippen LogP contribution in [-0.4, -0.2) is 25.9 Å². The molecular weight excluding hydrogens is 346 g/mol.